The van der Waals surface area contributed by atoms with Crippen molar-refractivity contribution >= 4 is 0 Å². The summed E-state index contributed by atoms with van der Waals surface area (Å²) < 4.78 is 5.91. The zero-order chi connectivity index (χ0) is 15.1. The molecule has 1 atom stereocenters. The SMILES string of the molecule is CCC(C)c1ccc(OCc2ccccc2CCN)cc1. The lowest BCUT2D eigenvalue weighted by atomic mass is 9.99. The Kier molecular flexibility index (Phi) is 5.82. The summed E-state index contributed by atoms with van der Waals surface area (Å²) in [7, 11) is 0. The van der Waals surface area contributed by atoms with Crippen LogP contribution in [0.15, 0.2) is 48.5 Å². The molecule has 0 saturated carbocycles. The van der Waals surface area contributed by atoms with Crippen molar-refractivity contribution in [2.45, 2.75) is 39.2 Å². The van der Waals surface area contributed by atoms with Crippen LogP contribution in [-0.4, -0.2) is 6.54 Å². The van der Waals surface area contributed by atoms with Crippen molar-refractivity contribution in [1.29, 1.82) is 0 Å². The maximum atomic E-state index is 5.91. The van der Waals surface area contributed by atoms with Gasteiger partial charge in [-0.2, -0.15) is 0 Å². The van der Waals surface area contributed by atoms with Gasteiger partial charge in [-0.3, -0.25) is 0 Å². The number of hydrogen-bond acceptors (Lipinski definition) is 2. The lowest BCUT2D eigenvalue weighted by Crippen LogP contribution is -2.07. The van der Waals surface area contributed by atoms with Crippen molar-refractivity contribution in [3.05, 3.63) is 65.2 Å². The molecule has 0 aromatic heterocycles. The van der Waals surface area contributed by atoms with Gasteiger partial charge >= 0.3 is 0 Å². The summed E-state index contributed by atoms with van der Waals surface area (Å²) >= 11 is 0. The van der Waals surface area contributed by atoms with Crippen LogP contribution in [0.5, 0.6) is 5.75 Å². The van der Waals surface area contributed by atoms with Gasteiger partial charge in [0, 0.05) is 0 Å². The first-order valence-corrected chi connectivity index (χ1v) is 7.74. The van der Waals surface area contributed by atoms with Gasteiger partial charge in [0.1, 0.15) is 12.4 Å². The second-order valence-corrected chi connectivity index (χ2v) is 5.47. The van der Waals surface area contributed by atoms with Gasteiger partial charge in [-0.05, 0) is 54.1 Å². The van der Waals surface area contributed by atoms with Gasteiger partial charge in [0.2, 0.25) is 0 Å². The molecule has 0 radical (unpaired) electrons. The molecule has 2 nitrogen and oxygen atoms in total. The summed E-state index contributed by atoms with van der Waals surface area (Å²) in [6.45, 7) is 5.72. The van der Waals surface area contributed by atoms with E-state index in [9.17, 15) is 0 Å². The third-order valence-corrected chi connectivity index (χ3v) is 3.99. The average molecular weight is 283 g/mol. The van der Waals surface area contributed by atoms with Gasteiger partial charge in [-0.1, -0.05) is 50.2 Å². The molecule has 0 fully saturated rings. The Labute approximate surface area is 127 Å². The van der Waals surface area contributed by atoms with Crippen LogP contribution in [0.4, 0.5) is 0 Å². The highest BCUT2D eigenvalue weighted by Crippen LogP contribution is 2.22. The van der Waals surface area contributed by atoms with Crippen molar-refractivity contribution in [3.8, 4) is 5.75 Å². The fourth-order valence-corrected chi connectivity index (χ4v) is 2.39. The Balaban J connectivity index is 2.00. The van der Waals surface area contributed by atoms with E-state index in [1.54, 1.807) is 0 Å². The van der Waals surface area contributed by atoms with Crippen molar-refractivity contribution in [3.63, 3.8) is 0 Å². The molecule has 0 heterocycles. The third kappa shape index (κ3) is 4.33. The van der Waals surface area contributed by atoms with Gasteiger partial charge in [0.15, 0.2) is 0 Å². The predicted octanol–water partition coefficient (Wildman–Crippen LogP) is 4.28. The van der Waals surface area contributed by atoms with Crippen molar-refractivity contribution in [2.75, 3.05) is 6.54 Å². The van der Waals surface area contributed by atoms with Gasteiger partial charge in [-0.15, -0.1) is 0 Å². The molecule has 0 aliphatic carbocycles. The number of hydrogen-bond donors (Lipinski definition) is 1. The molecule has 0 aliphatic rings. The van der Waals surface area contributed by atoms with Crippen molar-refractivity contribution < 1.29 is 4.74 Å². The first kappa shape index (κ1) is 15.6. The van der Waals surface area contributed by atoms with E-state index in [1.807, 2.05) is 6.07 Å². The fourth-order valence-electron chi connectivity index (χ4n) is 2.39. The van der Waals surface area contributed by atoms with Crippen LogP contribution >= 0.6 is 0 Å². The highest BCUT2D eigenvalue weighted by atomic mass is 16.5. The zero-order valence-corrected chi connectivity index (χ0v) is 13.0. The largest absolute Gasteiger partial charge is 0.489 e. The second-order valence-electron chi connectivity index (χ2n) is 5.47. The molecule has 1 unspecified atom stereocenters. The van der Waals surface area contributed by atoms with Crippen LogP contribution < -0.4 is 10.5 Å². The molecule has 0 bridgehead atoms. The Bertz CT molecular complexity index is 548. The second kappa shape index (κ2) is 7.84. The smallest absolute Gasteiger partial charge is 0.119 e. The van der Waals surface area contributed by atoms with Crippen molar-refractivity contribution in [2.24, 2.45) is 5.73 Å². The minimum atomic E-state index is 0.596. The lowest BCUT2D eigenvalue weighted by Gasteiger charge is -2.12. The molecule has 2 aromatic carbocycles. The lowest BCUT2D eigenvalue weighted by molar-refractivity contribution is 0.305. The Morgan fingerprint density at radius 1 is 1.00 bits per heavy atom. The summed E-state index contributed by atoms with van der Waals surface area (Å²) in [5.41, 5.74) is 9.51. The monoisotopic (exact) mass is 283 g/mol. The molecule has 2 rings (SSSR count). The third-order valence-electron chi connectivity index (χ3n) is 3.99. The summed E-state index contributed by atoms with van der Waals surface area (Å²) in [4.78, 5) is 0. The van der Waals surface area contributed by atoms with Gasteiger partial charge in [-0.25, -0.2) is 0 Å². The molecular formula is C19H25NO. The van der Waals surface area contributed by atoms with E-state index < -0.39 is 0 Å². The summed E-state index contributed by atoms with van der Waals surface area (Å²) in [6.07, 6.45) is 2.05. The molecule has 2 heteroatoms. The molecule has 112 valence electrons. The number of rotatable bonds is 7. The highest BCUT2D eigenvalue weighted by molar-refractivity contribution is 5.31. The Morgan fingerprint density at radius 3 is 2.29 bits per heavy atom. The van der Waals surface area contributed by atoms with Crippen LogP contribution in [0.25, 0.3) is 0 Å². The van der Waals surface area contributed by atoms with E-state index >= 15 is 0 Å². The standard InChI is InChI=1S/C19H25NO/c1-3-15(2)16-8-10-19(11-9-16)21-14-18-7-5-4-6-17(18)12-13-20/h4-11,15H,3,12-14,20H2,1-2H3. The average Bonchev–Trinajstić information content (AvgIpc) is 2.54. The van der Waals surface area contributed by atoms with E-state index in [-0.39, 0.29) is 0 Å². The Morgan fingerprint density at radius 2 is 1.67 bits per heavy atom. The topological polar surface area (TPSA) is 35.2 Å². The molecule has 0 saturated heterocycles. The highest BCUT2D eigenvalue weighted by Gasteiger charge is 2.04. The van der Waals surface area contributed by atoms with E-state index in [0.717, 1.165) is 18.6 Å². The molecule has 0 amide bonds. The first-order valence-electron chi connectivity index (χ1n) is 7.74. The summed E-state index contributed by atoms with van der Waals surface area (Å²) in [5.74, 6) is 1.52. The molecular weight excluding hydrogens is 258 g/mol. The minimum absolute atomic E-state index is 0.596. The number of ether oxygens (including phenoxy) is 1. The van der Waals surface area contributed by atoms with Crippen LogP contribution in [0, 0.1) is 0 Å². The van der Waals surface area contributed by atoms with E-state index in [4.69, 9.17) is 10.5 Å². The van der Waals surface area contributed by atoms with E-state index in [0.29, 0.717) is 19.1 Å². The fraction of sp³-hybridized carbons (Fsp3) is 0.368. The maximum absolute atomic E-state index is 5.91. The van der Waals surface area contributed by atoms with Crippen LogP contribution in [0.2, 0.25) is 0 Å². The quantitative estimate of drug-likeness (QED) is 0.823. The molecule has 2 aromatic rings. The normalized spacial score (nSPS) is 12.1. The van der Waals surface area contributed by atoms with Crippen LogP contribution in [0.3, 0.4) is 0 Å². The minimum Gasteiger partial charge on any atom is -0.489 e. The number of benzene rings is 2. The summed E-state index contributed by atoms with van der Waals surface area (Å²) in [6, 6.07) is 16.8. The van der Waals surface area contributed by atoms with Gasteiger partial charge in [0.25, 0.3) is 0 Å². The van der Waals surface area contributed by atoms with Crippen LogP contribution in [0.1, 0.15) is 42.9 Å². The van der Waals surface area contributed by atoms with Gasteiger partial charge in [0.05, 0.1) is 0 Å². The number of nitrogens with two attached hydrogens (primary N) is 1. The molecule has 2 N–H and O–H groups in total. The molecule has 0 aliphatic heterocycles. The van der Waals surface area contributed by atoms with E-state index in [2.05, 4.69) is 56.3 Å². The molecule has 21 heavy (non-hydrogen) atoms. The van der Waals surface area contributed by atoms with Crippen molar-refractivity contribution in [1.82, 2.24) is 0 Å². The summed E-state index contributed by atoms with van der Waals surface area (Å²) in [5, 5.41) is 0. The molecule has 0 spiro atoms. The Hall–Kier alpha value is -1.80. The predicted molar refractivity (Wildman–Crippen MR) is 88.7 cm³/mol. The van der Waals surface area contributed by atoms with Crippen LogP contribution in [-0.2, 0) is 13.0 Å². The van der Waals surface area contributed by atoms with E-state index in [1.165, 1.54) is 16.7 Å². The maximum Gasteiger partial charge on any atom is 0.119 e. The zero-order valence-electron chi connectivity index (χ0n) is 13.0. The van der Waals surface area contributed by atoms with Gasteiger partial charge < -0.3 is 10.5 Å². The first-order chi connectivity index (χ1) is 10.2.